The molecule has 0 heterocycles. The Hall–Kier alpha value is -0.890. The first-order valence-electron chi connectivity index (χ1n) is 3.62. The van der Waals surface area contributed by atoms with Gasteiger partial charge in [-0.15, -0.1) is 0 Å². The topological polar surface area (TPSA) is 20.2 Å². The minimum absolute atomic E-state index is 0.00380. The van der Waals surface area contributed by atoms with Crippen LogP contribution in [0.15, 0.2) is 24.3 Å². The molecule has 1 N–H and O–H groups in total. The molecule has 0 aliphatic carbocycles. The fraction of sp³-hybridized carbons (Fsp3) is 0.333. The number of hydrogen-bond acceptors (Lipinski definition) is 1. The first-order valence-corrected chi connectivity index (χ1v) is 3.62. The predicted molar refractivity (Wildman–Crippen MR) is 42.0 cm³/mol. The Kier molecular flexibility index (Phi) is 3.05. The van der Waals surface area contributed by atoms with E-state index in [1.54, 1.807) is 0 Å². The molecule has 0 fully saturated rings. The molecule has 0 aliphatic rings. The van der Waals surface area contributed by atoms with Crippen LogP contribution in [0.4, 0.5) is 4.39 Å². The number of rotatable bonds is 3. The van der Waals surface area contributed by atoms with Gasteiger partial charge < -0.3 is 5.11 Å². The van der Waals surface area contributed by atoms with Gasteiger partial charge in [0, 0.05) is 6.42 Å². The molecule has 0 unspecified atom stereocenters. The van der Waals surface area contributed by atoms with Crippen molar-refractivity contribution in [3.05, 3.63) is 35.4 Å². The molecule has 0 saturated heterocycles. The summed E-state index contributed by atoms with van der Waals surface area (Å²) >= 11 is 0. The van der Waals surface area contributed by atoms with Gasteiger partial charge in [-0.3, -0.25) is 4.39 Å². The molecular weight excluding hydrogens is 143 g/mol. The third-order valence-corrected chi connectivity index (χ3v) is 1.65. The third kappa shape index (κ3) is 2.02. The lowest BCUT2D eigenvalue weighted by Crippen LogP contribution is -1.94. The second-order valence-corrected chi connectivity index (χ2v) is 2.37. The molecule has 60 valence electrons. The molecule has 0 aliphatic heterocycles. The molecule has 11 heavy (non-hydrogen) atoms. The number of alkyl halides is 1. The van der Waals surface area contributed by atoms with Crippen molar-refractivity contribution in [2.24, 2.45) is 0 Å². The standard InChI is InChI=1S/C9H11FO/c10-6-5-8-3-1-2-4-9(8)7-11/h1-4,11H,5-7H2. The number of aliphatic hydroxyl groups is 1. The van der Waals surface area contributed by atoms with E-state index >= 15 is 0 Å². The second kappa shape index (κ2) is 4.09. The average Bonchev–Trinajstić information content (AvgIpc) is 2.06. The summed E-state index contributed by atoms with van der Waals surface area (Å²) in [5.74, 6) is 0. The Labute approximate surface area is 65.5 Å². The molecule has 0 spiro atoms. The van der Waals surface area contributed by atoms with Crippen LogP contribution in [0, 0.1) is 0 Å². The lowest BCUT2D eigenvalue weighted by atomic mass is 10.1. The van der Waals surface area contributed by atoms with Gasteiger partial charge in [0.05, 0.1) is 13.3 Å². The van der Waals surface area contributed by atoms with Gasteiger partial charge in [-0.05, 0) is 11.1 Å². The normalized spacial score (nSPS) is 10.0. The quantitative estimate of drug-likeness (QED) is 0.702. The van der Waals surface area contributed by atoms with Crippen molar-refractivity contribution in [3.63, 3.8) is 0 Å². The second-order valence-electron chi connectivity index (χ2n) is 2.37. The largest absolute Gasteiger partial charge is 0.392 e. The summed E-state index contributed by atoms with van der Waals surface area (Å²) in [7, 11) is 0. The highest BCUT2D eigenvalue weighted by molar-refractivity contribution is 5.26. The van der Waals surface area contributed by atoms with E-state index in [2.05, 4.69) is 0 Å². The van der Waals surface area contributed by atoms with Gasteiger partial charge in [-0.25, -0.2) is 0 Å². The van der Waals surface area contributed by atoms with E-state index in [0.29, 0.717) is 6.42 Å². The molecule has 0 saturated carbocycles. The molecule has 0 bridgehead atoms. The smallest absolute Gasteiger partial charge is 0.0934 e. The molecule has 0 amide bonds. The van der Waals surface area contributed by atoms with Gasteiger partial charge in [0.1, 0.15) is 0 Å². The van der Waals surface area contributed by atoms with E-state index in [1.807, 2.05) is 24.3 Å². The predicted octanol–water partition coefficient (Wildman–Crippen LogP) is 1.69. The summed E-state index contributed by atoms with van der Waals surface area (Å²) in [5, 5.41) is 8.82. The first kappa shape index (κ1) is 8.21. The van der Waals surface area contributed by atoms with Gasteiger partial charge >= 0.3 is 0 Å². The molecule has 0 atom stereocenters. The minimum atomic E-state index is -0.364. The number of halogens is 1. The Morgan fingerprint density at radius 3 is 2.36 bits per heavy atom. The van der Waals surface area contributed by atoms with Gasteiger partial charge in [0.25, 0.3) is 0 Å². The van der Waals surface area contributed by atoms with E-state index in [9.17, 15) is 4.39 Å². The Bertz CT molecular complexity index is 223. The lowest BCUT2D eigenvalue weighted by molar-refractivity contribution is 0.280. The summed E-state index contributed by atoms with van der Waals surface area (Å²) in [5.41, 5.74) is 1.72. The molecule has 1 rings (SSSR count). The average molecular weight is 154 g/mol. The van der Waals surface area contributed by atoms with Gasteiger partial charge in [0.2, 0.25) is 0 Å². The summed E-state index contributed by atoms with van der Waals surface area (Å²) in [6.45, 7) is -0.368. The molecule has 1 aromatic rings. The van der Waals surface area contributed by atoms with Gasteiger partial charge in [-0.2, -0.15) is 0 Å². The number of aliphatic hydroxyl groups excluding tert-OH is 1. The summed E-state index contributed by atoms with van der Waals surface area (Å²) in [6, 6.07) is 7.34. The van der Waals surface area contributed by atoms with Crippen LogP contribution >= 0.6 is 0 Å². The summed E-state index contributed by atoms with van der Waals surface area (Å²) in [6.07, 6.45) is 0.400. The molecular formula is C9H11FO. The maximum Gasteiger partial charge on any atom is 0.0934 e. The van der Waals surface area contributed by atoms with Crippen molar-refractivity contribution in [1.29, 1.82) is 0 Å². The van der Waals surface area contributed by atoms with Crippen LogP contribution in [0.2, 0.25) is 0 Å². The van der Waals surface area contributed by atoms with E-state index in [1.165, 1.54) is 0 Å². The van der Waals surface area contributed by atoms with E-state index in [4.69, 9.17) is 5.11 Å². The van der Waals surface area contributed by atoms with Crippen molar-refractivity contribution in [2.45, 2.75) is 13.0 Å². The zero-order valence-electron chi connectivity index (χ0n) is 6.26. The molecule has 1 aromatic carbocycles. The highest BCUT2D eigenvalue weighted by Gasteiger charge is 1.98. The summed E-state index contributed by atoms with van der Waals surface area (Å²) in [4.78, 5) is 0. The molecule has 0 aromatic heterocycles. The van der Waals surface area contributed by atoms with E-state index in [-0.39, 0.29) is 13.3 Å². The zero-order chi connectivity index (χ0) is 8.10. The first-order chi connectivity index (χ1) is 5.38. The van der Waals surface area contributed by atoms with Crippen LogP contribution in [-0.4, -0.2) is 11.8 Å². The molecule has 2 heteroatoms. The maximum atomic E-state index is 11.9. The fourth-order valence-electron chi connectivity index (χ4n) is 1.06. The zero-order valence-corrected chi connectivity index (χ0v) is 6.26. The molecule has 1 nitrogen and oxygen atoms in total. The maximum absolute atomic E-state index is 11.9. The summed E-state index contributed by atoms with van der Waals surface area (Å²) < 4.78 is 11.9. The highest BCUT2D eigenvalue weighted by atomic mass is 19.1. The number of aryl methyl sites for hydroxylation is 1. The monoisotopic (exact) mass is 154 g/mol. The van der Waals surface area contributed by atoms with Crippen molar-refractivity contribution in [3.8, 4) is 0 Å². The van der Waals surface area contributed by atoms with Gasteiger partial charge in [-0.1, -0.05) is 24.3 Å². The minimum Gasteiger partial charge on any atom is -0.392 e. The van der Waals surface area contributed by atoms with Crippen LogP contribution in [0.1, 0.15) is 11.1 Å². The van der Waals surface area contributed by atoms with Crippen molar-refractivity contribution >= 4 is 0 Å². The number of benzene rings is 1. The van der Waals surface area contributed by atoms with E-state index in [0.717, 1.165) is 11.1 Å². The Morgan fingerprint density at radius 1 is 1.18 bits per heavy atom. The Morgan fingerprint density at radius 2 is 1.82 bits per heavy atom. The number of hydrogen-bond donors (Lipinski definition) is 1. The van der Waals surface area contributed by atoms with Crippen LogP contribution in [0.5, 0.6) is 0 Å². The van der Waals surface area contributed by atoms with Crippen LogP contribution < -0.4 is 0 Å². The van der Waals surface area contributed by atoms with Crippen LogP contribution in [0.3, 0.4) is 0 Å². The Balaban J connectivity index is 2.83. The van der Waals surface area contributed by atoms with Gasteiger partial charge in [0.15, 0.2) is 0 Å². The van der Waals surface area contributed by atoms with Crippen LogP contribution in [-0.2, 0) is 13.0 Å². The third-order valence-electron chi connectivity index (χ3n) is 1.65. The van der Waals surface area contributed by atoms with Crippen molar-refractivity contribution in [1.82, 2.24) is 0 Å². The highest BCUT2D eigenvalue weighted by Crippen LogP contribution is 2.08. The van der Waals surface area contributed by atoms with E-state index < -0.39 is 0 Å². The fourth-order valence-corrected chi connectivity index (χ4v) is 1.06. The molecule has 0 radical (unpaired) electrons. The SMILES string of the molecule is OCc1ccccc1CCF. The lowest BCUT2D eigenvalue weighted by Gasteiger charge is -2.02. The van der Waals surface area contributed by atoms with Crippen molar-refractivity contribution in [2.75, 3.05) is 6.67 Å². The van der Waals surface area contributed by atoms with Crippen LogP contribution in [0.25, 0.3) is 0 Å². The van der Waals surface area contributed by atoms with Crippen molar-refractivity contribution < 1.29 is 9.50 Å².